The number of carbonyl (C=O) groups is 1. The SMILES string of the molecule is CC(NC(=O)c1cccc(CS(C)(=O)=O)c1)c1ccc(Br)cc1. The zero-order valence-electron chi connectivity index (χ0n) is 12.9. The van der Waals surface area contributed by atoms with Crippen molar-refractivity contribution in [2.75, 3.05) is 6.26 Å². The van der Waals surface area contributed by atoms with Crippen LogP contribution in [0.4, 0.5) is 0 Å². The lowest BCUT2D eigenvalue weighted by Crippen LogP contribution is -2.26. The molecule has 0 radical (unpaired) electrons. The van der Waals surface area contributed by atoms with Crippen molar-refractivity contribution in [2.45, 2.75) is 18.7 Å². The lowest BCUT2D eigenvalue weighted by atomic mass is 10.1. The van der Waals surface area contributed by atoms with Crippen LogP contribution in [0.5, 0.6) is 0 Å². The minimum Gasteiger partial charge on any atom is -0.346 e. The fourth-order valence-electron chi connectivity index (χ4n) is 2.22. The Balaban J connectivity index is 2.11. The molecular formula is C17H18BrNO3S. The zero-order valence-corrected chi connectivity index (χ0v) is 15.3. The highest BCUT2D eigenvalue weighted by molar-refractivity contribution is 9.10. The molecule has 0 aliphatic rings. The summed E-state index contributed by atoms with van der Waals surface area (Å²) in [6, 6.07) is 14.3. The Kier molecular flexibility index (Phi) is 5.59. The quantitative estimate of drug-likeness (QED) is 0.842. The maximum atomic E-state index is 12.3. The maximum Gasteiger partial charge on any atom is 0.251 e. The van der Waals surface area contributed by atoms with Crippen LogP contribution in [0.25, 0.3) is 0 Å². The molecule has 122 valence electrons. The van der Waals surface area contributed by atoms with Gasteiger partial charge in [-0.2, -0.15) is 0 Å². The first-order valence-electron chi connectivity index (χ1n) is 7.07. The van der Waals surface area contributed by atoms with E-state index in [2.05, 4.69) is 21.2 Å². The third kappa shape index (κ3) is 5.48. The van der Waals surface area contributed by atoms with Crippen LogP contribution in [0.2, 0.25) is 0 Å². The number of hydrogen-bond donors (Lipinski definition) is 1. The summed E-state index contributed by atoms with van der Waals surface area (Å²) in [5, 5.41) is 2.92. The first-order chi connectivity index (χ1) is 10.7. The molecule has 0 aliphatic carbocycles. The summed E-state index contributed by atoms with van der Waals surface area (Å²) in [5.74, 6) is -0.299. The van der Waals surface area contributed by atoms with Crippen molar-refractivity contribution in [1.82, 2.24) is 5.32 Å². The van der Waals surface area contributed by atoms with Crippen LogP contribution in [0.3, 0.4) is 0 Å². The summed E-state index contributed by atoms with van der Waals surface area (Å²) in [6.07, 6.45) is 1.18. The molecule has 0 fully saturated rings. The second-order valence-corrected chi connectivity index (χ2v) is 8.57. The standard InChI is InChI=1S/C17H18BrNO3S/c1-12(14-6-8-16(18)9-7-14)19-17(20)15-5-3-4-13(10-15)11-23(2,21)22/h3-10,12H,11H2,1-2H3,(H,19,20). The van der Waals surface area contributed by atoms with Gasteiger partial charge in [0.25, 0.3) is 5.91 Å². The van der Waals surface area contributed by atoms with Gasteiger partial charge in [-0.05, 0) is 42.3 Å². The summed E-state index contributed by atoms with van der Waals surface area (Å²) in [6.45, 7) is 1.90. The predicted octanol–water partition coefficient (Wildman–Crippen LogP) is 3.48. The van der Waals surface area contributed by atoms with E-state index in [1.807, 2.05) is 31.2 Å². The fraction of sp³-hybridized carbons (Fsp3) is 0.235. The maximum absolute atomic E-state index is 12.3. The Labute approximate surface area is 145 Å². The first kappa shape index (κ1) is 17.7. The molecule has 0 aliphatic heterocycles. The molecule has 2 aromatic rings. The Morgan fingerprint density at radius 3 is 2.43 bits per heavy atom. The molecule has 1 unspecified atom stereocenters. The number of halogens is 1. The molecule has 1 N–H and O–H groups in total. The van der Waals surface area contributed by atoms with E-state index in [-0.39, 0.29) is 17.7 Å². The van der Waals surface area contributed by atoms with Crippen molar-refractivity contribution in [3.05, 3.63) is 69.7 Å². The Morgan fingerprint density at radius 1 is 1.17 bits per heavy atom. The zero-order chi connectivity index (χ0) is 17.0. The molecular weight excluding hydrogens is 378 g/mol. The van der Waals surface area contributed by atoms with Crippen molar-refractivity contribution in [2.24, 2.45) is 0 Å². The highest BCUT2D eigenvalue weighted by Gasteiger charge is 2.13. The summed E-state index contributed by atoms with van der Waals surface area (Å²) in [7, 11) is -3.13. The number of rotatable bonds is 5. The van der Waals surface area contributed by atoms with Crippen molar-refractivity contribution >= 4 is 31.7 Å². The largest absolute Gasteiger partial charge is 0.346 e. The molecule has 2 aromatic carbocycles. The van der Waals surface area contributed by atoms with Gasteiger partial charge in [0.05, 0.1) is 11.8 Å². The normalized spacial score (nSPS) is 12.7. The molecule has 0 aromatic heterocycles. The lowest BCUT2D eigenvalue weighted by Gasteiger charge is -2.15. The monoisotopic (exact) mass is 395 g/mol. The molecule has 2 rings (SSSR count). The third-order valence-corrected chi connectivity index (χ3v) is 4.72. The van der Waals surface area contributed by atoms with Crippen molar-refractivity contribution in [1.29, 1.82) is 0 Å². The number of sulfone groups is 1. The molecule has 0 saturated carbocycles. The van der Waals surface area contributed by atoms with Gasteiger partial charge in [0.1, 0.15) is 0 Å². The van der Waals surface area contributed by atoms with Crippen LogP contribution in [0.15, 0.2) is 53.0 Å². The second kappa shape index (κ2) is 7.27. The minimum absolute atomic E-state index is 0.0730. The minimum atomic E-state index is -3.13. The van der Waals surface area contributed by atoms with Crippen LogP contribution in [-0.2, 0) is 15.6 Å². The molecule has 0 saturated heterocycles. The van der Waals surface area contributed by atoms with Gasteiger partial charge in [0, 0.05) is 16.3 Å². The van der Waals surface area contributed by atoms with Crippen LogP contribution < -0.4 is 5.32 Å². The average molecular weight is 396 g/mol. The van der Waals surface area contributed by atoms with Crippen LogP contribution in [-0.4, -0.2) is 20.6 Å². The smallest absolute Gasteiger partial charge is 0.251 e. The van der Waals surface area contributed by atoms with Crippen molar-refractivity contribution in [3.63, 3.8) is 0 Å². The van der Waals surface area contributed by atoms with E-state index >= 15 is 0 Å². The molecule has 1 amide bonds. The number of hydrogen-bond acceptors (Lipinski definition) is 3. The van der Waals surface area contributed by atoms with Crippen LogP contribution >= 0.6 is 15.9 Å². The van der Waals surface area contributed by atoms with Gasteiger partial charge in [-0.1, -0.05) is 40.2 Å². The van der Waals surface area contributed by atoms with E-state index in [0.29, 0.717) is 11.1 Å². The van der Waals surface area contributed by atoms with E-state index in [0.717, 1.165) is 10.0 Å². The Hall–Kier alpha value is -1.66. The highest BCUT2D eigenvalue weighted by Crippen LogP contribution is 2.17. The summed E-state index contributed by atoms with van der Waals surface area (Å²) in [4.78, 5) is 12.3. The fourth-order valence-corrected chi connectivity index (χ4v) is 3.27. The molecule has 4 nitrogen and oxygen atoms in total. The number of nitrogens with one attached hydrogen (secondary N) is 1. The number of carbonyl (C=O) groups excluding carboxylic acids is 1. The first-order valence-corrected chi connectivity index (χ1v) is 9.93. The van der Waals surface area contributed by atoms with Gasteiger partial charge in [0.2, 0.25) is 0 Å². The van der Waals surface area contributed by atoms with Gasteiger partial charge in [0.15, 0.2) is 9.84 Å². The Morgan fingerprint density at radius 2 is 1.83 bits per heavy atom. The molecule has 23 heavy (non-hydrogen) atoms. The van der Waals surface area contributed by atoms with E-state index in [4.69, 9.17) is 0 Å². The van der Waals surface area contributed by atoms with Gasteiger partial charge in [-0.25, -0.2) is 8.42 Å². The summed E-state index contributed by atoms with van der Waals surface area (Å²) < 4.78 is 23.7. The van der Waals surface area contributed by atoms with Gasteiger partial charge < -0.3 is 5.32 Å². The van der Waals surface area contributed by atoms with E-state index in [1.165, 1.54) is 6.26 Å². The van der Waals surface area contributed by atoms with E-state index in [9.17, 15) is 13.2 Å². The molecule has 0 heterocycles. The van der Waals surface area contributed by atoms with Crippen LogP contribution in [0.1, 0.15) is 34.5 Å². The van der Waals surface area contributed by atoms with E-state index in [1.54, 1.807) is 24.3 Å². The average Bonchev–Trinajstić information content (AvgIpc) is 2.46. The predicted molar refractivity (Wildman–Crippen MR) is 95.0 cm³/mol. The summed E-state index contributed by atoms with van der Waals surface area (Å²) >= 11 is 3.38. The molecule has 0 spiro atoms. The van der Waals surface area contributed by atoms with E-state index < -0.39 is 9.84 Å². The Bertz CT molecular complexity index is 801. The molecule has 1 atom stereocenters. The lowest BCUT2D eigenvalue weighted by molar-refractivity contribution is 0.0939. The third-order valence-electron chi connectivity index (χ3n) is 3.34. The number of benzene rings is 2. The topological polar surface area (TPSA) is 63.2 Å². The number of amides is 1. The molecule has 6 heteroatoms. The van der Waals surface area contributed by atoms with Gasteiger partial charge >= 0.3 is 0 Å². The molecule has 0 bridgehead atoms. The second-order valence-electron chi connectivity index (χ2n) is 5.52. The van der Waals surface area contributed by atoms with Crippen LogP contribution in [0, 0.1) is 0 Å². The van der Waals surface area contributed by atoms with Gasteiger partial charge in [-0.15, -0.1) is 0 Å². The van der Waals surface area contributed by atoms with Crippen molar-refractivity contribution in [3.8, 4) is 0 Å². The van der Waals surface area contributed by atoms with Crippen molar-refractivity contribution < 1.29 is 13.2 Å². The summed E-state index contributed by atoms with van der Waals surface area (Å²) in [5.41, 5.74) is 2.06. The highest BCUT2D eigenvalue weighted by atomic mass is 79.9. The van der Waals surface area contributed by atoms with Gasteiger partial charge in [-0.3, -0.25) is 4.79 Å².